The van der Waals surface area contributed by atoms with Crippen molar-refractivity contribution in [1.29, 1.82) is 0 Å². The van der Waals surface area contributed by atoms with Crippen LogP contribution >= 0.6 is 11.6 Å². The molecule has 0 bridgehead atoms. The summed E-state index contributed by atoms with van der Waals surface area (Å²) in [6, 6.07) is 13.3. The fourth-order valence-electron chi connectivity index (χ4n) is 3.01. The average molecular weight is 381 g/mol. The Morgan fingerprint density at radius 2 is 1.74 bits per heavy atom. The second kappa shape index (κ2) is 6.48. The second-order valence-electron chi connectivity index (χ2n) is 6.10. The van der Waals surface area contributed by atoms with E-state index >= 15 is 0 Å². The van der Waals surface area contributed by atoms with Gasteiger partial charge in [-0.1, -0.05) is 23.7 Å². The first-order valence-corrected chi connectivity index (χ1v) is 8.53. The van der Waals surface area contributed by atoms with Crippen LogP contribution in [0.2, 0.25) is 5.02 Å². The molecule has 134 valence electrons. The molecule has 0 radical (unpaired) electrons. The SMILES string of the molecule is Cc1nc2ccc(Cl)cc2cc1C(=O)OCN1C(=O)c2ccccc2C1=O. The first-order chi connectivity index (χ1) is 13.0. The van der Waals surface area contributed by atoms with E-state index in [9.17, 15) is 14.4 Å². The van der Waals surface area contributed by atoms with Gasteiger partial charge in [-0.25, -0.2) is 9.69 Å². The molecule has 0 unspecified atom stereocenters. The van der Waals surface area contributed by atoms with Gasteiger partial charge in [0.25, 0.3) is 11.8 Å². The minimum Gasteiger partial charge on any atom is -0.440 e. The Bertz CT molecular complexity index is 1090. The minimum absolute atomic E-state index is 0.251. The van der Waals surface area contributed by atoms with Gasteiger partial charge >= 0.3 is 5.97 Å². The molecule has 0 spiro atoms. The molecule has 4 rings (SSSR count). The maximum Gasteiger partial charge on any atom is 0.341 e. The number of nitrogens with zero attached hydrogens (tertiary/aromatic N) is 2. The van der Waals surface area contributed by atoms with Crippen molar-refractivity contribution in [3.63, 3.8) is 0 Å². The Morgan fingerprint density at radius 1 is 1.07 bits per heavy atom. The second-order valence-corrected chi connectivity index (χ2v) is 6.54. The number of aromatic nitrogens is 1. The van der Waals surface area contributed by atoms with Crippen LogP contribution in [-0.2, 0) is 4.74 Å². The maximum atomic E-state index is 12.5. The van der Waals surface area contributed by atoms with E-state index in [1.54, 1.807) is 55.5 Å². The molecule has 0 N–H and O–H groups in total. The van der Waals surface area contributed by atoms with Crippen molar-refractivity contribution in [3.05, 3.63) is 75.9 Å². The summed E-state index contributed by atoms with van der Waals surface area (Å²) in [5.41, 5.74) is 2.04. The number of fused-ring (bicyclic) bond motifs is 2. The van der Waals surface area contributed by atoms with Gasteiger partial charge in [0.1, 0.15) is 0 Å². The number of benzene rings is 2. The molecule has 27 heavy (non-hydrogen) atoms. The number of hydrogen-bond acceptors (Lipinski definition) is 5. The van der Waals surface area contributed by atoms with Gasteiger partial charge in [0, 0.05) is 10.4 Å². The molecule has 0 fully saturated rings. The highest BCUT2D eigenvalue weighted by Gasteiger charge is 2.35. The third-order valence-electron chi connectivity index (χ3n) is 4.39. The van der Waals surface area contributed by atoms with Crippen molar-refractivity contribution in [2.75, 3.05) is 6.73 Å². The van der Waals surface area contributed by atoms with Crippen molar-refractivity contribution in [2.24, 2.45) is 0 Å². The lowest BCUT2D eigenvalue weighted by atomic mass is 10.1. The number of halogens is 1. The quantitative estimate of drug-likeness (QED) is 0.512. The Labute approximate surface area is 159 Å². The fraction of sp³-hybridized carbons (Fsp3) is 0.100. The first-order valence-electron chi connectivity index (χ1n) is 8.15. The molecule has 2 amide bonds. The van der Waals surface area contributed by atoms with Gasteiger partial charge in [-0.05, 0) is 43.3 Å². The van der Waals surface area contributed by atoms with Crippen molar-refractivity contribution in [3.8, 4) is 0 Å². The predicted molar refractivity (Wildman–Crippen MR) is 98.7 cm³/mol. The van der Waals surface area contributed by atoms with Crippen LogP contribution in [0.4, 0.5) is 0 Å². The smallest absolute Gasteiger partial charge is 0.341 e. The van der Waals surface area contributed by atoms with E-state index in [0.29, 0.717) is 32.7 Å². The summed E-state index contributed by atoms with van der Waals surface area (Å²) in [6.07, 6.45) is 0. The molecule has 7 heteroatoms. The Hall–Kier alpha value is -3.25. The monoisotopic (exact) mass is 380 g/mol. The van der Waals surface area contributed by atoms with Crippen LogP contribution in [0.15, 0.2) is 48.5 Å². The van der Waals surface area contributed by atoms with Crippen molar-refractivity contribution in [1.82, 2.24) is 9.88 Å². The summed E-state index contributed by atoms with van der Waals surface area (Å²) in [6.45, 7) is 1.23. The highest BCUT2D eigenvalue weighted by molar-refractivity contribution is 6.31. The van der Waals surface area contributed by atoms with Gasteiger partial charge in [-0.15, -0.1) is 0 Å². The lowest BCUT2D eigenvalue weighted by Crippen LogP contribution is -2.33. The van der Waals surface area contributed by atoms with E-state index in [1.165, 1.54) is 0 Å². The van der Waals surface area contributed by atoms with Crippen LogP contribution in [-0.4, -0.2) is 34.4 Å². The summed E-state index contributed by atoms with van der Waals surface area (Å²) in [5, 5.41) is 1.22. The lowest BCUT2D eigenvalue weighted by Gasteiger charge is -2.14. The first kappa shape index (κ1) is 17.2. The zero-order valence-electron chi connectivity index (χ0n) is 14.2. The number of carbonyl (C=O) groups excluding carboxylic acids is 3. The van der Waals surface area contributed by atoms with E-state index in [4.69, 9.17) is 16.3 Å². The van der Waals surface area contributed by atoms with Gasteiger partial charge in [0.2, 0.25) is 0 Å². The summed E-state index contributed by atoms with van der Waals surface area (Å²) < 4.78 is 5.22. The molecule has 0 aliphatic carbocycles. The number of ether oxygens (including phenoxy) is 1. The molecule has 1 aromatic heterocycles. The maximum absolute atomic E-state index is 12.5. The van der Waals surface area contributed by atoms with E-state index in [0.717, 1.165) is 4.90 Å². The Balaban J connectivity index is 1.55. The third kappa shape index (κ3) is 2.94. The zero-order valence-corrected chi connectivity index (χ0v) is 15.0. The largest absolute Gasteiger partial charge is 0.440 e. The molecule has 3 aromatic rings. The van der Waals surface area contributed by atoms with Crippen LogP contribution in [0.25, 0.3) is 10.9 Å². The molecule has 1 aliphatic heterocycles. The number of aryl methyl sites for hydroxylation is 1. The van der Waals surface area contributed by atoms with Crippen molar-refractivity contribution in [2.45, 2.75) is 6.92 Å². The Morgan fingerprint density at radius 3 is 2.41 bits per heavy atom. The van der Waals surface area contributed by atoms with Crippen LogP contribution in [0, 0.1) is 6.92 Å². The van der Waals surface area contributed by atoms with Gasteiger partial charge in [-0.3, -0.25) is 14.6 Å². The molecule has 0 saturated carbocycles. The van der Waals surface area contributed by atoms with Crippen molar-refractivity contribution < 1.29 is 19.1 Å². The van der Waals surface area contributed by atoms with E-state index in [-0.39, 0.29) is 5.56 Å². The summed E-state index contributed by atoms with van der Waals surface area (Å²) in [7, 11) is 0. The number of amides is 2. The predicted octanol–water partition coefficient (Wildman–Crippen LogP) is 3.61. The molecule has 2 heterocycles. The number of hydrogen-bond donors (Lipinski definition) is 0. The number of pyridine rings is 1. The lowest BCUT2D eigenvalue weighted by molar-refractivity contribution is 0.0227. The summed E-state index contributed by atoms with van der Waals surface area (Å²) in [4.78, 5) is 42.4. The number of esters is 1. The van der Waals surface area contributed by atoms with E-state index in [1.807, 2.05) is 0 Å². The molecule has 2 aromatic carbocycles. The van der Waals surface area contributed by atoms with Gasteiger partial charge in [0.15, 0.2) is 6.73 Å². The number of carbonyl (C=O) groups is 3. The highest BCUT2D eigenvalue weighted by Crippen LogP contribution is 2.24. The normalized spacial score (nSPS) is 13.2. The summed E-state index contributed by atoms with van der Waals surface area (Å²) in [5.74, 6) is -1.63. The van der Waals surface area contributed by atoms with Crippen LogP contribution in [0.3, 0.4) is 0 Å². The standard InChI is InChI=1S/C20H13ClN2O4/c1-11-16(9-12-8-13(21)6-7-17(12)22-11)20(26)27-10-23-18(24)14-4-2-3-5-15(14)19(23)25/h2-9H,10H2,1H3. The molecule has 0 atom stereocenters. The van der Waals surface area contributed by atoms with E-state index in [2.05, 4.69) is 4.98 Å². The minimum atomic E-state index is -0.668. The van der Waals surface area contributed by atoms with Crippen LogP contribution in [0.1, 0.15) is 36.8 Å². The van der Waals surface area contributed by atoms with Gasteiger partial charge in [0.05, 0.1) is 27.9 Å². The number of rotatable bonds is 3. The van der Waals surface area contributed by atoms with Crippen LogP contribution < -0.4 is 0 Å². The fourth-order valence-corrected chi connectivity index (χ4v) is 3.19. The highest BCUT2D eigenvalue weighted by atomic mass is 35.5. The zero-order chi connectivity index (χ0) is 19.1. The Kier molecular flexibility index (Phi) is 4.12. The average Bonchev–Trinajstić information content (AvgIpc) is 2.90. The van der Waals surface area contributed by atoms with E-state index < -0.39 is 24.5 Å². The van der Waals surface area contributed by atoms with Gasteiger partial charge in [-0.2, -0.15) is 0 Å². The molecule has 1 aliphatic rings. The van der Waals surface area contributed by atoms with Crippen molar-refractivity contribution >= 4 is 40.3 Å². The summed E-state index contributed by atoms with van der Waals surface area (Å²) >= 11 is 5.99. The van der Waals surface area contributed by atoms with Crippen LogP contribution in [0.5, 0.6) is 0 Å². The molecule has 0 saturated heterocycles. The molecule has 6 nitrogen and oxygen atoms in total. The van der Waals surface area contributed by atoms with Gasteiger partial charge < -0.3 is 4.74 Å². The topological polar surface area (TPSA) is 76.6 Å². The molecular weight excluding hydrogens is 368 g/mol. The third-order valence-corrected chi connectivity index (χ3v) is 4.63. The number of imide groups is 1. The molecular formula is C20H13ClN2O4.